The van der Waals surface area contributed by atoms with E-state index in [0.29, 0.717) is 12.3 Å². The molecule has 1 unspecified atom stereocenters. The monoisotopic (exact) mass is 230 g/mol. The number of hydrogen-bond donors (Lipinski definition) is 1. The van der Waals surface area contributed by atoms with E-state index in [1.165, 1.54) is 5.56 Å². The highest BCUT2D eigenvalue weighted by molar-refractivity contribution is 5.78. The zero-order valence-electron chi connectivity index (χ0n) is 9.98. The summed E-state index contributed by atoms with van der Waals surface area (Å²) in [4.78, 5) is 14.1. The van der Waals surface area contributed by atoms with Crippen molar-refractivity contribution in [3.63, 3.8) is 0 Å². The molecule has 2 fully saturated rings. The molecule has 0 bridgehead atoms. The second kappa shape index (κ2) is 4.15. The first kappa shape index (κ1) is 10.8. The normalized spacial score (nSPS) is 28.9. The van der Waals surface area contributed by atoms with Gasteiger partial charge in [0.25, 0.3) is 0 Å². The summed E-state index contributed by atoms with van der Waals surface area (Å²) in [6.07, 6.45) is 3.77. The van der Waals surface area contributed by atoms with Gasteiger partial charge in [-0.25, -0.2) is 0 Å². The summed E-state index contributed by atoms with van der Waals surface area (Å²) in [5.41, 5.74) is 1.00. The molecule has 17 heavy (non-hydrogen) atoms. The maximum absolute atomic E-state index is 12.1. The zero-order chi connectivity index (χ0) is 11.7. The highest BCUT2D eigenvalue weighted by Crippen LogP contribution is 2.37. The predicted octanol–water partition coefficient (Wildman–Crippen LogP) is 1.85. The molecule has 0 aromatic heterocycles. The minimum Gasteiger partial charge on any atom is -0.320 e. The van der Waals surface area contributed by atoms with Crippen LogP contribution in [0, 0.1) is 0 Å². The third-order valence-corrected chi connectivity index (χ3v) is 3.92. The molecule has 90 valence electrons. The molecule has 1 aromatic carbocycles. The van der Waals surface area contributed by atoms with Crippen LogP contribution in [0.4, 0.5) is 0 Å². The summed E-state index contributed by atoms with van der Waals surface area (Å²) >= 11 is 0. The standard InChI is InChI=1S/C14H18N2O/c17-13-8-4-9-14(12-6-2-1-3-7-12)15-10-5-11-16(13)14/h1-3,6-7,15H,4-5,8-11H2. The van der Waals surface area contributed by atoms with E-state index in [2.05, 4.69) is 34.5 Å². The van der Waals surface area contributed by atoms with Crippen LogP contribution >= 0.6 is 0 Å². The minimum absolute atomic E-state index is 0.227. The molecule has 0 saturated carbocycles. The highest BCUT2D eigenvalue weighted by Gasteiger charge is 2.44. The second-order valence-electron chi connectivity index (χ2n) is 4.91. The zero-order valence-corrected chi connectivity index (χ0v) is 9.98. The fourth-order valence-corrected chi connectivity index (χ4v) is 3.13. The first-order valence-corrected chi connectivity index (χ1v) is 6.44. The first-order valence-electron chi connectivity index (χ1n) is 6.44. The van der Waals surface area contributed by atoms with Crippen LogP contribution in [0.25, 0.3) is 0 Å². The molecule has 3 rings (SSSR count). The van der Waals surface area contributed by atoms with E-state index >= 15 is 0 Å². The van der Waals surface area contributed by atoms with Crippen molar-refractivity contribution in [3.05, 3.63) is 35.9 Å². The van der Waals surface area contributed by atoms with Gasteiger partial charge in [0.2, 0.25) is 5.91 Å². The first-order chi connectivity index (χ1) is 8.33. The largest absolute Gasteiger partial charge is 0.320 e. The summed E-state index contributed by atoms with van der Waals surface area (Å²) in [5, 5.41) is 3.59. The maximum Gasteiger partial charge on any atom is 0.224 e. The van der Waals surface area contributed by atoms with Gasteiger partial charge in [-0.2, -0.15) is 0 Å². The second-order valence-corrected chi connectivity index (χ2v) is 4.91. The van der Waals surface area contributed by atoms with Crippen molar-refractivity contribution in [2.45, 2.75) is 31.3 Å². The minimum atomic E-state index is -0.227. The van der Waals surface area contributed by atoms with Crippen molar-refractivity contribution in [1.29, 1.82) is 0 Å². The quantitative estimate of drug-likeness (QED) is 0.798. The van der Waals surface area contributed by atoms with E-state index in [1.807, 2.05) is 6.07 Å². The number of nitrogens with zero attached hydrogens (tertiary/aromatic N) is 1. The molecule has 2 aliphatic rings. The van der Waals surface area contributed by atoms with Gasteiger partial charge >= 0.3 is 0 Å². The van der Waals surface area contributed by atoms with E-state index in [-0.39, 0.29) is 5.66 Å². The Bertz CT molecular complexity index is 413. The van der Waals surface area contributed by atoms with E-state index in [4.69, 9.17) is 0 Å². The fourth-order valence-electron chi connectivity index (χ4n) is 3.13. The number of carbonyl (C=O) groups is 1. The van der Waals surface area contributed by atoms with E-state index in [0.717, 1.165) is 32.4 Å². The Labute approximate surface area is 102 Å². The average molecular weight is 230 g/mol. The van der Waals surface area contributed by atoms with Gasteiger partial charge in [0.1, 0.15) is 5.66 Å². The molecule has 3 nitrogen and oxygen atoms in total. The lowest BCUT2D eigenvalue weighted by atomic mass is 9.86. The van der Waals surface area contributed by atoms with E-state index in [9.17, 15) is 4.79 Å². The lowest BCUT2D eigenvalue weighted by Gasteiger charge is -2.51. The summed E-state index contributed by atoms with van der Waals surface area (Å²) in [6.45, 7) is 1.89. The molecule has 1 N–H and O–H groups in total. The van der Waals surface area contributed by atoms with Crippen LogP contribution in [0.2, 0.25) is 0 Å². The number of nitrogens with one attached hydrogen (secondary N) is 1. The Kier molecular flexibility index (Phi) is 2.63. The number of rotatable bonds is 1. The van der Waals surface area contributed by atoms with Crippen LogP contribution in [0.3, 0.4) is 0 Å². The van der Waals surface area contributed by atoms with Gasteiger partial charge < -0.3 is 4.90 Å². The van der Waals surface area contributed by atoms with Gasteiger partial charge in [-0.3, -0.25) is 10.1 Å². The third kappa shape index (κ3) is 1.65. The van der Waals surface area contributed by atoms with Crippen molar-refractivity contribution in [2.75, 3.05) is 13.1 Å². The van der Waals surface area contributed by atoms with Crippen molar-refractivity contribution in [1.82, 2.24) is 10.2 Å². The van der Waals surface area contributed by atoms with Gasteiger partial charge in [0.05, 0.1) is 0 Å². The van der Waals surface area contributed by atoms with Crippen LogP contribution < -0.4 is 5.32 Å². The predicted molar refractivity (Wildman–Crippen MR) is 66.3 cm³/mol. The molecule has 2 heterocycles. The van der Waals surface area contributed by atoms with Crippen molar-refractivity contribution < 1.29 is 4.79 Å². The Morgan fingerprint density at radius 1 is 1.18 bits per heavy atom. The Morgan fingerprint density at radius 2 is 2.00 bits per heavy atom. The van der Waals surface area contributed by atoms with Gasteiger partial charge in [0, 0.05) is 13.0 Å². The number of amides is 1. The van der Waals surface area contributed by atoms with Crippen molar-refractivity contribution in [2.24, 2.45) is 0 Å². The van der Waals surface area contributed by atoms with Crippen LogP contribution in [0.15, 0.2) is 30.3 Å². The summed E-state index contributed by atoms with van der Waals surface area (Å²) < 4.78 is 0. The molecule has 0 spiro atoms. The molecule has 3 heteroatoms. The van der Waals surface area contributed by atoms with Gasteiger partial charge in [-0.1, -0.05) is 30.3 Å². The van der Waals surface area contributed by atoms with Gasteiger partial charge in [-0.05, 0) is 31.4 Å². The number of benzene rings is 1. The maximum atomic E-state index is 12.1. The topological polar surface area (TPSA) is 32.3 Å². The average Bonchev–Trinajstić information content (AvgIpc) is 2.40. The van der Waals surface area contributed by atoms with Gasteiger partial charge in [-0.15, -0.1) is 0 Å². The number of hydrogen-bond acceptors (Lipinski definition) is 2. The Hall–Kier alpha value is -1.35. The molecule has 2 aliphatic heterocycles. The SMILES string of the molecule is O=C1CCCC2(c3ccccc3)NCCCN12. The summed E-state index contributed by atoms with van der Waals surface area (Å²) in [7, 11) is 0. The number of carbonyl (C=O) groups excluding carboxylic acids is 1. The van der Waals surface area contributed by atoms with Crippen molar-refractivity contribution >= 4 is 5.91 Å². The molecule has 1 amide bonds. The van der Waals surface area contributed by atoms with E-state index in [1.54, 1.807) is 0 Å². The summed E-state index contributed by atoms with van der Waals surface area (Å²) in [5.74, 6) is 0.298. The third-order valence-electron chi connectivity index (χ3n) is 3.92. The lowest BCUT2D eigenvalue weighted by molar-refractivity contribution is -0.147. The summed E-state index contributed by atoms with van der Waals surface area (Å²) in [6, 6.07) is 10.4. The Balaban J connectivity index is 2.04. The molecular weight excluding hydrogens is 212 g/mol. The van der Waals surface area contributed by atoms with Crippen LogP contribution in [-0.4, -0.2) is 23.9 Å². The van der Waals surface area contributed by atoms with Crippen LogP contribution in [0.5, 0.6) is 0 Å². The van der Waals surface area contributed by atoms with Gasteiger partial charge in [0.15, 0.2) is 0 Å². The molecule has 1 atom stereocenters. The smallest absolute Gasteiger partial charge is 0.224 e. The van der Waals surface area contributed by atoms with E-state index < -0.39 is 0 Å². The molecule has 1 aromatic rings. The van der Waals surface area contributed by atoms with Crippen molar-refractivity contribution in [3.8, 4) is 0 Å². The Morgan fingerprint density at radius 3 is 2.82 bits per heavy atom. The van der Waals surface area contributed by atoms with Crippen LogP contribution in [-0.2, 0) is 10.5 Å². The lowest BCUT2D eigenvalue weighted by Crippen LogP contribution is -2.64. The molecule has 0 aliphatic carbocycles. The molecule has 0 radical (unpaired) electrons. The number of piperidine rings is 1. The fraction of sp³-hybridized carbons (Fsp3) is 0.500. The highest BCUT2D eigenvalue weighted by atomic mass is 16.2. The van der Waals surface area contributed by atoms with Crippen LogP contribution in [0.1, 0.15) is 31.2 Å². The number of fused-ring (bicyclic) bond motifs is 1. The molecule has 2 saturated heterocycles. The molecular formula is C14H18N2O.